The summed E-state index contributed by atoms with van der Waals surface area (Å²) < 4.78 is 23.9. The molecule has 1 heterocycles. The van der Waals surface area contributed by atoms with Crippen LogP contribution in [0.4, 0.5) is 22.0 Å². The normalized spacial score (nSPS) is 11.5. The van der Waals surface area contributed by atoms with Crippen LogP contribution in [-0.4, -0.2) is 27.0 Å². The average Bonchev–Trinajstić information content (AvgIpc) is 2.72. The van der Waals surface area contributed by atoms with E-state index in [9.17, 15) is 9.18 Å². The molecule has 150 valence electrons. The number of esters is 1. The van der Waals surface area contributed by atoms with E-state index < -0.39 is 12.1 Å². The van der Waals surface area contributed by atoms with Crippen molar-refractivity contribution in [3.05, 3.63) is 66.2 Å². The highest BCUT2D eigenvalue weighted by molar-refractivity contribution is 5.75. The number of carbonyl (C=O) groups excluding carboxylic acids is 1. The molecule has 0 amide bonds. The van der Waals surface area contributed by atoms with Gasteiger partial charge >= 0.3 is 5.97 Å². The second-order valence-electron chi connectivity index (χ2n) is 6.00. The molecule has 1 unspecified atom stereocenters. The van der Waals surface area contributed by atoms with E-state index in [0.717, 1.165) is 0 Å². The number of nitrogens with one attached hydrogen (secondary N) is 1. The molecule has 9 heteroatoms. The number of nitrogens with zero attached hydrogens (tertiary/aromatic N) is 3. The minimum absolute atomic E-state index is 0.0387. The monoisotopic (exact) mass is 397 g/mol. The number of aromatic nitrogens is 3. The van der Waals surface area contributed by atoms with Gasteiger partial charge in [0.05, 0.1) is 0 Å². The van der Waals surface area contributed by atoms with E-state index in [1.165, 1.54) is 24.3 Å². The van der Waals surface area contributed by atoms with Crippen molar-refractivity contribution in [2.75, 3.05) is 11.1 Å². The fourth-order valence-electron chi connectivity index (χ4n) is 2.41. The number of nitrogen functional groups attached to an aromatic ring is 1. The van der Waals surface area contributed by atoms with Gasteiger partial charge in [0.1, 0.15) is 11.6 Å². The number of para-hydroxylation sites is 1. The number of rotatable bonds is 8. The Morgan fingerprint density at radius 1 is 1.10 bits per heavy atom. The third kappa shape index (κ3) is 5.86. The molecule has 0 spiro atoms. The van der Waals surface area contributed by atoms with Crippen molar-refractivity contribution in [2.45, 2.75) is 26.1 Å². The van der Waals surface area contributed by atoms with Gasteiger partial charge in [-0.3, -0.25) is 0 Å². The summed E-state index contributed by atoms with van der Waals surface area (Å²) in [6.45, 7) is 1.62. The van der Waals surface area contributed by atoms with Gasteiger partial charge in [-0.05, 0) is 42.8 Å². The molecular weight excluding hydrogens is 377 g/mol. The number of nitrogens with two attached hydrogens (primary N) is 1. The predicted octanol–water partition coefficient (Wildman–Crippen LogP) is 3.24. The van der Waals surface area contributed by atoms with E-state index in [4.69, 9.17) is 15.2 Å². The summed E-state index contributed by atoms with van der Waals surface area (Å²) >= 11 is 0. The molecule has 0 saturated carbocycles. The summed E-state index contributed by atoms with van der Waals surface area (Å²) in [5.74, 6) is -0.0348. The maximum absolute atomic E-state index is 13.0. The summed E-state index contributed by atoms with van der Waals surface area (Å²) in [6, 6.07) is 14.7. The Bertz CT molecular complexity index is 954. The molecule has 2 aromatic carbocycles. The lowest BCUT2D eigenvalue weighted by Crippen LogP contribution is -2.28. The van der Waals surface area contributed by atoms with Crippen LogP contribution < -0.4 is 15.8 Å². The Hall–Kier alpha value is -3.75. The Kier molecular flexibility index (Phi) is 6.51. The highest BCUT2D eigenvalue weighted by atomic mass is 19.1. The largest absolute Gasteiger partial charge is 0.479 e. The standard InChI is InChI=1S/C20H20FN5O3/c1-2-16(29-15-6-4-3-5-7-15)18(27)28-12-17-24-19(22)26-20(25-17)23-14-10-8-13(21)9-11-14/h3-11,16H,2,12H2,1H3,(H3,22,23,24,25,26). The van der Waals surface area contributed by atoms with Crippen molar-refractivity contribution in [1.29, 1.82) is 0 Å². The SMILES string of the molecule is CCC(Oc1ccccc1)C(=O)OCc1nc(N)nc(Nc2ccc(F)cc2)n1. The van der Waals surface area contributed by atoms with Gasteiger partial charge in [0.2, 0.25) is 11.9 Å². The van der Waals surface area contributed by atoms with Crippen LogP contribution in [0, 0.1) is 5.82 Å². The number of ether oxygens (including phenoxy) is 2. The van der Waals surface area contributed by atoms with E-state index in [1.807, 2.05) is 25.1 Å². The van der Waals surface area contributed by atoms with Crippen LogP contribution in [0.15, 0.2) is 54.6 Å². The van der Waals surface area contributed by atoms with Crippen molar-refractivity contribution < 1.29 is 18.7 Å². The summed E-state index contributed by atoms with van der Waals surface area (Å²) in [6.07, 6.45) is -0.321. The first-order valence-corrected chi connectivity index (χ1v) is 8.95. The predicted molar refractivity (Wildman–Crippen MR) is 105 cm³/mol. The number of anilines is 3. The van der Waals surface area contributed by atoms with Crippen LogP contribution in [-0.2, 0) is 16.1 Å². The van der Waals surface area contributed by atoms with Gasteiger partial charge in [0.25, 0.3) is 0 Å². The number of halogens is 1. The zero-order valence-electron chi connectivity index (χ0n) is 15.7. The highest BCUT2D eigenvalue weighted by Crippen LogP contribution is 2.16. The molecule has 1 atom stereocenters. The Labute approximate surface area is 166 Å². The van der Waals surface area contributed by atoms with Crippen molar-refractivity contribution in [1.82, 2.24) is 15.0 Å². The molecular formula is C20H20FN5O3. The van der Waals surface area contributed by atoms with Crippen LogP contribution in [0.3, 0.4) is 0 Å². The average molecular weight is 397 g/mol. The Balaban J connectivity index is 1.62. The third-order valence-electron chi connectivity index (χ3n) is 3.80. The van der Waals surface area contributed by atoms with E-state index in [-0.39, 0.29) is 30.1 Å². The lowest BCUT2D eigenvalue weighted by molar-refractivity contribution is -0.153. The minimum atomic E-state index is -0.756. The molecule has 0 aliphatic heterocycles. The quantitative estimate of drug-likeness (QED) is 0.557. The zero-order chi connectivity index (χ0) is 20.6. The maximum atomic E-state index is 13.0. The second-order valence-corrected chi connectivity index (χ2v) is 6.00. The van der Waals surface area contributed by atoms with Gasteiger partial charge in [0, 0.05) is 5.69 Å². The zero-order valence-corrected chi connectivity index (χ0v) is 15.7. The first kappa shape index (κ1) is 20.0. The van der Waals surface area contributed by atoms with Crippen molar-refractivity contribution in [3.8, 4) is 5.75 Å². The topological polar surface area (TPSA) is 112 Å². The summed E-state index contributed by atoms with van der Waals surface area (Å²) in [7, 11) is 0. The summed E-state index contributed by atoms with van der Waals surface area (Å²) in [5.41, 5.74) is 6.28. The molecule has 0 aliphatic rings. The van der Waals surface area contributed by atoms with Gasteiger partial charge < -0.3 is 20.5 Å². The summed E-state index contributed by atoms with van der Waals surface area (Å²) in [4.78, 5) is 24.5. The third-order valence-corrected chi connectivity index (χ3v) is 3.80. The fraction of sp³-hybridized carbons (Fsp3) is 0.200. The van der Waals surface area contributed by atoms with Gasteiger partial charge in [-0.1, -0.05) is 25.1 Å². The molecule has 0 bridgehead atoms. The number of benzene rings is 2. The molecule has 1 aromatic heterocycles. The van der Waals surface area contributed by atoms with Crippen LogP contribution in [0.25, 0.3) is 0 Å². The van der Waals surface area contributed by atoms with Gasteiger partial charge in [-0.25, -0.2) is 9.18 Å². The van der Waals surface area contributed by atoms with Crippen molar-refractivity contribution in [2.24, 2.45) is 0 Å². The molecule has 0 fully saturated rings. The maximum Gasteiger partial charge on any atom is 0.347 e. The number of hydrogen-bond donors (Lipinski definition) is 2. The number of carbonyl (C=O) groups is 1. The number of hydrogen-bond acceptors (Lipinski definition) is 8. The minimum Gasteiger partial charge on any atom is -0.479 e. The molecule has 29 heavy (non-hydrogen) atoms. The van der Waals surface area contributed by atoms with Gasteiger partial charge in [0.15, 0.2) is 18.5 Å². The first-order valence-electron chi connectivity index (χ1n) is 8.95. The fourth-order valence-corrected chi connectivity index (χ4v) is 2.41. The smallest absolute Gasteiger partial charge is 0.347 e. The van der Waals surface area contributed by atoms with Crippen molar-refractivity contribution >= 4 is 23.6 Å². The van der Waals surface area contributed by atoms with E-state index in [2.05, 4.69) is 20.3 Å². The molecule has 0 radical (unpaired) electrons. The van der Waals surface area contributed by atoms with Crippen LogP contribution in [0.1, 0.15) is 19.2 Å². The van der Waals surface area contributed by atoms with Crippen molar-refractivity contribution in [3.63, 3.8) is 0 Å². The molecule has 0 aliphatic carbocycles. The summed E-state index contributed by atoms with van der Waals surface area (Å²) in [5, 5.41) is 2.89. The van der Waals surface area contributed by atoms with Crippen LogP contribution in [0.2, 0.25) is 0 Å². The van der Waals surface area contributed by atoms with Gasteiger partial charge in [-0.2, -0.15) is 15.0 Å². The van der Waals surface area contributed by atoms with Crippen LogP contribution in [0.5, 0.6) is 5.75 Å². The molecule has 0 saturated heterocycles. The Morgan fingerprint density at radius 3 is 2.52 bits per heavy atom. The lowest BCUT2D eigenvalue weighted by Gasteiger charge is -2.16. The molecule has 8 nitrogen and oxygen atoms in total. The molecule has 3 aromatic rings. The van der Waals surface area contributed by atoms with E-state index >= 15 is 0 Å². The van der Waals surface area contributed by atoms with Gasteiger partial charge in [-0.15, -0.1) is 0 Å². The van der Waals surface area contributed by atoms with E-state index in [0.29, 0.717) is 17.9 Å². The second kappa shape index (κ2) is 9.45. The molecule has 3 N–H and O–H groups in total. The first-order chi connectivity index (χ1) is 14.0. The molecule has 3 rings (SSSR count). The lowest BCUT2D eigenvalue weighted by atomic mass is 10.2. The highest BCUT2D eigenvalue weighted by Gasteiger charge is 2.21. The Morgan fingerprint density at radius 2 is 1.83 bits per heavy atom. The van der Waals surface area contributed by atoms with E-state index in [1.54, 1.807) is 12.1 Å². The van der Waals surface area contributed by atoms with Crippen LogP contribution >= 0.6 is 0 Å².